The SMILES string of the molecule is CC1(C2CCCCC2)COC(=O)C1. The minimum absolute atomic E-state index is 0.00748. The van der Waals surface area contributed by atoms with E-state index in [2.05, 4.69) is 6.92 Å². The fourth-order valence-electron chi connectivity index (χ4n) is 2.74. The minimum atomic E-state index is 0.00748. The van der Waals surface area contributed by atoms with Crippen molar-refractivity contribution in [3.05, 3.63) is 0 Å². The van der Waals surface area contributed by atoms with Crippen molar-refractivity contribution in [2.75, 3.05) is 6.61 Å². The normalized spacial score (nSPS) is 36.2. The summed E-state index contributed by atoms with van der Waals surface area (Å²) in [5.41, 5.74) is 0.164. The topological polar surface area (TPSA) is 26.3 Å². The molecule has 13 heavy (non-hydrogen) atoms. The highest BCUT2D eigenvalue weighted by molar-refractivity contribution is 5.72. The van der Waals surface area contributed by atoms with Gasteiger partial charge in [0.05, 0.1) is 13.0 Å². The van der Waals surface area contributed by atoms with E-state index >= 15 is 0 Å². The summed E-state index contributed by atoms with van der Waals surface area (Å²) < 4.78 is 5.08. The lowest BCUT2D eigenvalue weighted by atomic mass is 9.69. The van der Waals surface area contributed by atoms with Crippen LogP contribution in [-0.4, -0.2) is 12.6 Å². The van der Waals surface area contributed by atoms with Crippen LogP contribution in [0.5, 0.6) is 0 Å². The zero-order chi connectivity index (χ0) is 9.31. The zero-order valence-corrected chi connectivity index (χ0v) is 8.34. The largest absolute Gasteiger partial charge is 0.465 e. The van der Waals surface area contributed by atoms with Crippen LogP contribution in [0, 0.1) is 11.3 Å². The fourth-order valence-corrected chi connectivity index (χ4v) is 2.74. The van der Waals surface area contributed by atoms with Crippen molar-refractivity contribution in [1.82, 2.24) is 0 Å². The molecule has 2 nitrogen and oxygen atoms in total. The third-order valence-corrected chi connectivity index (χ3v) is 3.70. The lowest BCUT2D eigenvalue weighted by Crippen LogP contribution is -2.29. The maximum atomic E-state index is 11.1. The molecule has 0 N–H and O–H groups in total. The number of ether oxygens (including phenoxy) is 1. The molecule has 0 aromatic carbocycles. The number of rotatable bonds is 1. The number of hydrogen-bond acceptors (Lipinski definition) is 2. The molecule has 1 heterocycles. The number of carbonyl (C=O) groups is 1. The second kappa shape index (κ2) is 3.32. The molecule has 0 amide bonds. The molecular formula is C11H18O2. The van der Waals surface area contributed by atoms with Crippen molar-refractivity contribution in [2.45, 2.75) is 45.4 Å². The highest BCUT2D eigenvalue weighted by atomic mass is 16.5. The average Bonchev–Trinajstić information content (AvgIpc) is 2.49. The van der Waals surface area contributed by atoms with Gasteiger partial charge in [-0.1, -0.05) is 26.2 Å². The Morgan fingerprint density at radius 1 is 1.31 bits per heavy atom. The van der Waals surface area contributed by atoms with E-state index in [1.165, 1.54) is 32.1 Å². The minimum Gasteiger partial charge on any atom is -0.465 e. The average molecular weight is 182 g/mol. The van der Waals surface area contributed by atoms with E-state index in [0.717, 1.165) is 5.92 Å². The Morgan fingerprint density at radius 3 is 2.54 bits per heavy atom. The molecule has 1 aliphatic carbocycles. The molecular weight excluding hydrogens is 164 g/mol. The molecule has 0 aromatic heterocycles. The molecule has 1 atom stereocenters. The first-order valence-corrected chi connectivity index (χ1v) is 5.36. The summed E-state index contributed by atoms with van der Waals surface area (Å²) in [6.45, 7) is 2.88. The van der Waals surface area contributed by atoms with Crippen LogP contribution < -0.4 is 0 Å². The van der Waals surface area contributed by atoms with Gasteiger partial charge in [0, 0.05) is 5.41 Å². The van der Waals surface area contributed by atoms with Crippen molar-refractivity contribution >= 4 is 5.97 Å². The van der Waals surface area contributed by atoms with Crippen LogP contribution in [0.15, 0.2) is 0 Å². The molecule has 2 aliphatic rings. The van der Waals surface area contributed by atoms with Crippen molar-refractivity contribution in [3.63, 3.8) is 0 Å². The Bertz CT molecular complexity index is 206. The summed E-state index contributed by atoms with van der Waals surface area (Å²) in [5.74, 6) is 0.737. The quantitative estimate of drug-likeness (QED) is 0.582. The summed E-state index contributed by atoms with van der Waals surface area (Å²) in [6, 6.07) is 0. The molecule has 2 heteroatoms. The summed E-state index contributed by atoms with van der Waals surface area (Å²) in [7, 11) is 0. The van der Waals surface area contributed by atoms with Gasteiger partial charge in [-0.2, -0.15) is 0 Å². The van der Waals surface area contributed by atoms with Gasteiger partial charge in [0.25, 0.3) is 0 Å². The second-order valence-corrected chi connectivity index (χ2v) is 4.83. The van der Waals surface area contributed by atoms with Gasteiger partial charge >= 0.3 is 5.97 Å². The Hall–Kier alpha value is -0.530. The third-order valence-electron chi connectivity index (χ3n) is 3.70. The maximum Gasteiger partial charge on any atom is 0.306 e. The fraction of sp³-hybridized carbons (Fsp3) is 0.909. The summed E-state index contributed by atoms with van der Waals surface area (Å²) in [5, 5.41) is 0. The zero-order valence-electron chi connectivity index (χ0n) is 8.34. The molecule has 2 fully saturated rings. The van der Waals surface area contributed by atoms with Crippen LogP contribution in [0.3, 0.4) is 0 Å². The summed E-state index contributed by atoms with van der Waals surface area (Å²) >= 11 is 0. The molecule has 0 spiro atoms. The van der Waals surface area contributed by atoms with Gasteiger partial charge in [0.1, 0.15) is 0 Å². The molecule has 74 valence electrons. The lowest BCUT2D eigenvalue weighted by molar-refractivity contribution is -0.137. The second-order valence-electron chi connectivity index (χ2n) is 4.83. The van der Waals surface area contributed by atoms with E-state index in [0.29, 0.717) is 13.0 Å². The van der Waals surface area contributed by atoms with Crippen LogP contribution >= 0.6 is 0 Å². The van der Waals surface area contributed by atoms with Gasteiger partial charge in [0.15, 0.2) is 0 Å². The highest BCUT2D eigenvalue weighted by Crippen LogP contribution is 2.43. The van der Waals surface area contributed by atoms with Gasteiger partial charge in [-0.05, 0) is 18.8 Å². The Labute approximate surface area is 79.7 Å². The predicted molar refractivity (Wildman–Crippen MR) is 50.3 cm³/mol. The number of esters is 1. The van der Waals surface area contributed by atoms with Crippen LogP contribution in [0.1, 0.15) is 45.4 Å². The molecule has 1 saturated carbocycles. The van der Waals surface area contributed by atoms with Gasteiger partial charge in [-0.15, -0.1) is 0 Å². The summed E-state index contributed by atoms with van der Waals surface area (Å²) in [4.78, 5) is 11.1. The van der Waals surface area contributed by atoms with Crippen LogP contribution in [0.25, 0.3) is 0 Å². The number of hydrogen-bond donors (Lipinski definition) is 0. The van der Waals surface area contributed by atoms with E-state index in [-0.39, 0.29) is 11.4 Å². The van der Waals surface area contributed by atoms with Gasteiger partial charge < -0.3 is 4.74 Å². The van der Waals surface area contributed by atoms with E-state index in [1.54, 1.807) is 0 Å². The molecule has 0 bridgehead atoms. The maximum absolute atomic E-state index is 11.1. The number of carbonyl (C=O) groups excluding carboxylic acids is 1. The van der Waals surface area contributed by atoms with Crippen molar-refractivity contribution in [1.29, 1.82) is 0 Å². The molecule has 1 aliphatic heterocycles. The van der Waals surface area contributed by atoms with Crippen LogP contribution in [-0.2, 0) is 9.53 Å². The van der Waals surface area contributed by atoms with Crippen LogP contribution in [0.4, 0.5) is 0 Å². The van der Waals surface area contributed by atoms with E-state index in [1.807, 2.05) is 0 Å². The third kappa shape index (κ3) is 1.72. The molecule has 1 unspecified atom stereocenters. The summed E-state index contributed by atoms with van der Waals surface area (Å²) in [6.07, 6.45) is 7.31. The van der Waals surface area contributed by atoms with Gasteiger partial charge in [-0.25, -0.2) is 0 Å². The Kier molecular flexibility index (Phi) is 2.31. The Morgan fingerprint density at radius 2 is 2.00 bits per heavy atom. The van der Waals surface area contributed by atoms with Gasteiger partial charge in [-0.3, -0.25) is 4.79 Å². The molecule has 1 saturated heterocycles. The standard InChI is InChI=1S/C11H18O2/c1-11(7-10(12)13-8-11)9-5-3-2-4-6-9/h9H,2-8H2,1H3. The monoisotopic (exact) mass is 182 g/mol. The first kappa shape index (κ1) is 9.04. The molecule has 0 aromatic rings. The first-order chi connectivity index (χ1) is 6.21. The van der Waals surface area contributed by atoms with E-state index < -0.39 is 0 Å². The first-order valence-electron chi connectivity index (χ1n) is 5.36. The smallest absolute Gasteiger partial charge is 0.306 e. The predicted octanol–water partition coefficient (Wildman–Crippen LogP) is 2.52. The van der Waals surface area contributed by atoms with E-state index in [4.69, 9.17) is 4.74 Å². The van der Waals surface area contributed by atoms with Crippen molar-refractivity contribution < 1.29 is 9.53 Å². The lowest BCUT2D eigenvalue weighted by Gasteiger charge is -2.34. The molecule has 0 radical (unpaired) electrons. The van der Waals surface area contributed by atoms with Crippen LogP contribution in [0.2, 0.25) is 0 Å². The number of cyclic esters (lactones) is 1. The highest BCUT2D eigenvalue weighted by Gasteiger charge is 2.42. The van der Waals surface area contributed by atoms with Crippen molar-refractivity contribution in [2.24, 2.45) is 11.3 Å². The van der Waals surface area contributed by atoms with Gasteiger partial charge in [0.2, 0.25) is 0 Å². The molecule has 2 rings (SSSR count). The van der Waals surface area contributed by atoms with E-state index in [9.17, 15) is 4.79 Å². The Balaban J connectivity index is 2.01. The van der Waals surface area contributed by atoms with Crippen molar-refractivity contribution in [3.8, 4) is 0 Å².